The van der Waals surface area contributed by atoms with Crippen LogP contribution in [0.25, 0.3) is 0 Å². The van der Waals surface area contributed by atoms with Crippen molar-refractivity contribution in [1.82, 2.24) is 4.90 Å². The molecular weight excluding hydrogens is 254 g/mol. The molecule has 0 saturated heterocycles. The van der Waals surface area contributed by atoms with Crippen LogP contribution in [-0.4, -0.2) is 19.0 Å². The predicted molar refractivity (Wildman–Crippen MR) is 80.8 cm³/mol. The summed E-state index contributed by atoms with van der Waals surface area (Å²) in [5.74, 6) is 0.487. The largest absolute Gasteiger partial charge is 0.302 e. The lowest BCUT2D eigenvalue weighted by Crippen LogP contribution is -2.17. The third-order valence-electron chi connectivity index (χ3n) is 4.09. The van der Waals surface area contributed by atoms with Crippen LogP contribution in [0.2, 0.25) is 5.02 Å². The topological polar surface area (TPSA) is 3.24 Å². The van der Waals surface area contributed by atoms with Gasteiger partial charge >= 0.3 is 0 Å². The van der Waals surface area contributed by atoms with Gasteiger partial charge in [-0.15, -0.1) is 0 Å². The van der Waals surface area contributed by atoms with Gasteiger partial charge in [-0.3, -0.25) is 0 Å². The van der Waals surface area contributed by atoms with E-state index in [9.17, 15) is 0 Å². The molecule has 0 saturated carbocycles. The highest BCUT2D eigenvalue weighted by molar-refractivity contribution is 6.30. The van der Waals surface area contributed by atoms with Gasteiger partial charge in [0.1, 0.15) is 0 Å². The highest BCUT2D eigenvalue weighted by atomic mass is 35.5. The van der Waals surface area contributed by atoms with Crippen LogP contribution >= 0.6 is 11.6 Å². The van der Waals surface area contributed by atoms with Gasteiger partial charge in [-0.25, -0.2) is 0 Å². The van der Waals surface area contributed by atoms with Crippen molar-refractivity contribution in [1.29, 1.82) is 0 Å². The lowest BCUT2D eigenvalue weighted by molar-refractivity contribution is 0.293. The van der Waals surface area contributed by atoms with E-state index in [2.05, 4.69) is 55.4 Å². The predicted octanol–water partition coefficient (Wildman–Crippen LogP) is 4.48. The van der Waals surface area contributed by atoms with Gasteiger partial charge in [-0.1, -0.05) is 48.0 Å². The number of rotatable bonds is 2. The zero-order valence-electron chi connectivity index (χ0n) is 11.3. The summed E-state index contributed by atoms with van der Waals surface area (Å²) in [5.41, 5.74) is 4.29. The molecule has 0 fully saturated rings. The first kappa shape index (κ1) is 12.7. The van der Waals surface area contributed by atoms with Crippen LogP contribution in [0.1, 0.15) is 35.1 Å². The minimum absolute atomic E-state index is 0.487. The third kappa shape index (κ3) is 2.29. The molecule has 0 radical (unpaired) electrons. The molecule has 2 aromatic rings. The van der Waals surface area contributed by atoms with Crippen molar-refractivity contribution >= 4 is 11.6 Å². The van der Waals surface area contributed by atoms with E-state index in [4.69, 9.17) is 11.6 Å². The van der Waals surface area contributed by atoms with Crippen LogP contribution in [0.3, 0.4) is 0 Å². The molecule has 2 aromatic carbocycles. The summed E-state index contributed by atoms with van der Waals surface area (Å²) in [6.07, 6.45) is 1.15. The van der Waals surface area contributed by atoms with Crippen molar-refractivity contribution in [3.8, 4) is 0 Å². The van der Waals surface area contributed by atoms with Crippen LogP contribution in [0.15, 0.2) is 48.5 Å². The number of nitrogens with zero attached hydrogens (tertiary/aromatic N) is 1. The molecule has 1 nitrogen and oxygen atoms in total. The van der Waals surface area contributed by atoms with Crippen LogP contribution < -0.4 is 0 Å². The Bertz CT molecular complexity index is 574. The highest BCUT2D eigenvalue weighted by Crippen LogP contribution is 2.45. The first-order chi connectivity index (χ1) is 9.16. The van der Waals surface area contributed by atoms with E-state index in [-0.39, 0.29) is 0 Å². The Balaban J connectivity index is 2.03. The number of hydrogen-bond donors (Lipinski definition) is 0. The molecule has 0 heterocycles. The molecule has 19 heavy (non-hydrogen) atoms. The zero-order chi connectivity index (χ0) is 13.4. The van der Waals surface area contributed by atoms with E-state index < -0.39 is 0 Å². The molecule has 0 unspecified atom stereocenters. The molecule has 0 spiro atoms. The molecule has 1 aliphatic rings. The monoisotopic (exact) mass is 271 g/mol. The average molecular weight is 272 g/mol. The van der Waals surface area contributed by atoms with E-state index in [0.717, 1.165) is 11.4 Å². The van der Waals surface area contributed by atoms with Gasteiger partial charge in [0.25, 0.3) is 0 Å². The fraction of sp³-hybridized carbons (Fsp3) is 0.294. The standard InChI is InChI=1S/C17H18ClN/c1-19(2)17-11-16(12-7-9-13(18)10-8-12)14-5-3-4-6-15(14)17/h3-10,16-17H,11H2,1-2H3/t16-,17-/m0/s1. The first-order valence-electron chi connectivity index (χ1n) is 6.67. The number of halogens is 1. The van der Waals surface area contributed by atoms with Crippen LogP contribution in [0, 0.1) is 0 Å². The van der Waals surface area contributed by atoms with Crippen molar-refractivity contribution in [2.75, 3.05) is 14.1 Å². The van der Waals surface area contributed by atoms with E-state index in [1.807, 2.05) is 12.1 Å². The average Bonchev–Trinajstić information content (AvgIpc) is 2.79. The second kappa shape index (κ2) is 4.99. The maximum atomic E-state index is 5.99. The Kier molecular flexibility index (Phi) is 3.34. The van der Waals surface area contributed by atoms with Gasteiger partial charge in [0.05, 0.1) is 0 Å². The Hall–Kier alpha value is -1.31. The molecule has 0 bridgehead atoms. The minimum Gasteiger partial charge on any atom is -0.302 e. The van der Waals surface area contributed by atoms with Crippen molar-refractivity contribution in [3.05, 3.63) is 70.2 Å². The number of hydrogen-bond acceptors (Lipinski definition) is 1. The SMILES string of the molecule is CN(C)[C@H]1C[C@@H](c2ccc(Cl)cc2)c2ccccc21. The minimum atomic E-state index is 0.487. The third-order valence-corrected chi connectivity index (χ3v) is 4.34. The van der Waals surface area contributed by atoms with Gasteiger partial charge in [0, 0.05) is 17.0 Å². The van der Waals surface area contributed by atoms with Crippen molar-refractivity contribution in [3.63, 3.8) is 0 Å². The molecular formula is C17H18ClN. The van der Waals surface area contributed by atoms with E-state index in [0.29, 0.717) is 12.0 Å². The molecule has 1 aliphatic carbocycles. The van der Waals surface area contributed by atoms with Gasteiger partial charge in [0.15, 0.2) is 0 Å². The van der Waals surface area contributed by atoms with E-state index >= 15 is 0 Å². The number of benzene rings is 2. The van der Waals surface area contributed by atoms with Gasteiger partial charge in [0.2, 0.25) is 0 Å². The second-order valence-electron chi connectivity index (χ2n) is 5.45. The first-order valence-corrected chi connectivity index (χ1v) is 7.05. The summed E-state index contributed by atoms with van der Waals surface area (Å²) in [6, 6.07) is 17.6. The maximum Gasteiger partial charge on any atom is 0.0406 e. The summed E-state index contributed by atoms with van der Waals surface area (Å²) in [4.78, 5) is 2.31. The molecule has 98 valence electrons. The van der Waals surface area contributed by atoms with Crippen molar-refractivity contribution in [2.45, 2.75) is 18.4 Å². The van der Waals surface area contributed by atoms with Gasteiger partial charge < -0.3 is 4.90 Å². The lowest BCUT2D eigenvalue weighted by Gasteiger charge is -2.20. The highest BCUT2D eigenvalue weighted by Gasteiger charge is 2.32. The van der Waals surface area contributed by atoms with Crippen LogP contribution in [0.4, 0.5) is 0 Å². The molecule has 2 heteroatoms. The summed E-state index contributed by atoms with van der Waals surface area (Å²) in [7, 11) is 4.32. The molecule has 2 atom stereocenters. The van der Waals surface area contributed by atoms with Gasteiger partial charge in [-0.2, -0.15) is 0 Å². The smallest absolute Gasteiger partial charge is 0.0406 e. The summed E-state index contributed by atoms with van der Waals surface area (Å²) >= 11 is 5.99. The Labute approximate surface area is 119 Å². The second-order valence-corrected chi connectivity index (χ2v) is 5.88. The maximum absolute atomic E-state index is 5.99. The molecule has 0 N–H and O–H groups in total. The van der Waals surface area contributed by atoms with Crippen LogP contribution in [-0.2, 0) is 0 Å². The Morgan fingerprint density at radius 3 is 2.21 bits per heavy atom. The Morgan fingerprint density at radius 2 is 1.58 bits per heavy atom. The lowest BCUT2D eigenvalue weighted by atomic mass is 9.93. The zero-order valence-corrected chi connectivity index (χ0v) is 12.1. The fourth-order valence-corrected chi connectivity index (χ4v) is 3.23. The summed E-state index contributed by atoms with van der Waals surface area (Å²) in [6.45, 7) is 0. The molecule has 3 rings (SSSR count). The summed E-state index contributed by atoms with van der Waals surface area (Å²) < 4.78 is 0. The molecule has 0 aliphatic heterocycles. The van der Waals surface area contributed by atoms with E-state index in [1.165, 1.54) is 16.7 Å². The number of fused-ring (bicyclic) bond motifs is 1. The van der Waals surface area contributed by atoms with Gasteiger partial charge in [-0.05, 0) is 49.3 Å². The Morgan fingerprint density at radius 1 is 0.947 bits per heavy atom. The fourth-order valence-electron chi connectivity index (χ4n) is 3.11. The van der Waals surface area contributed by atoms with Crippen LogP contribution in [0.5, 0.6) is 0 Å². The quantitative estimate of drug-likeness (QED) is 0.778. The molecule has 0 aromatic heterocycles. The van der Waals surface area contributed by atoms with E-state index in [1.54, 1.807) is 0 Å². The van der Waals surface area contributed by atoms with Crippen molar-refractivity contribution in [2.24, 2.45) is 0 Å². The normalized spacial score (nSPS) is 21.7. The molecule has 0 amide bonds. The summed E-state index contributed by atoms with van der Waals surface area (Å²) in [5, 5.41) is 0.805. The van der Waals surface area contributed by atoms with Crippen molar-refractivity contribution < 1.29 is 0 Å².